The zero-order valence-corrected chi connectivity index (χ0v) is 19.4. The molecule has 2 bridgehead atoms. The number of rotatable bonds is 5. The number of ether oxygens (including phenoxy) is 1. The van der Waals surface area contributed by atoms with E-state index in [9.17, 15) is 9.90 Å². The number of phenolic OH excluding ortho intramolecular Hbond substituents is 1. The lowest BCUT2D eigenvalue weighted by atomic mass is 9.61. The first-order valence-corrected chi connectivity index (χ1v) is 11.9. The molecule has 4 atom stereocenters. The molecule has 3 nitrogen and oxygen atoms in total. The highest BCUT2D eigenvalue weighted by molar-refractivity contribution is 5.87. The van der Waals surface area contributed by atoms with E-state index in [4.69, 9.17) is 4.74 Å². The highest BCUT2D eigenvalue weighted by Crippen LogP contribution is 2.51. The molecule has 0 amide bonds. The first kappa shape index (κ1) is 22.4. The number of carbonyl (C=O) groups is 1. The van der Waals surface area contributed by atoms with Crippen molar-refractivity contribution in [3.05, 3.63) is 76.9 Å². The molecule has 2 fully saturated rings. The van der Waals surface area contributed by atoms with Crippen LogP contribution in [0.1, 0.15) is 63.1 Å². The van der Waals surface area contributed by atoms with Crippen molar-refractivity contribution < 1.29 is 14.6 Å². The minimum absolute atomic E-state index is 0.292. The van der Waals surface area contributed by atoms with Gasteiger partial charge in [0.1, 0.15) is 5.75 Å². The van der Waals surface area contributed by atoms with Gasteiger partial charge in [-0.3, -0.25) is 0 Å². The molecule has 0 spiro atoms. The van der Waals surface area contributed by atoms with Crippen LogP contribution >= 0.6 is 0 Å². The van der Waals surface area contributed by atoms with Gasteiger partial charge in [-0.25, -0.2) is 4.79 Å². The molecular weight excluding hydrogens is 396 g/mol. The Balaban J connectivity index is 1.75. The molecule has 2 aromatic rings. The fourth-order valence-corrected chi connectivity index (χ4v) is 5.92. The molecule has 0 radical (unpaired) electrons. The summed E-state index contributed by atoms with van der Waals surface area (Å²) in [5.74, 6) is 2.77. The highest BCUT2D eigenvalue weighted by atomic mass is 16.5. The fraction of sp³-hybridized carbons (Fsp3) is 0.414. The van der Waals surface area contributed by atoms with E-state index in [2.05, 4.69) is 38.1 Å². The van der Waals surface area contributed by atoms with Crippen LogP contribution in [0.15, 0.2) is 60.2 Å². The van der Waals surface area contributed by atoms with Crippen molar-refractivity contribution in [1.82, 2.24) is 0 Å². The Morgan fingerprint density at radius 1 is 0.969 bits per heavy atom. The number of fused-ring (bicyclic) bond motifs is 2. The molecule has 1 N–H and O–H groups in total. The fourth-order valence-electron chi connectivity index (χ4n) is 5.92. The molecule has 2 saturated carbocycles. The number of carbonyl (C=O) groups excluding carboxylic acids is 1. The third-order valence-electron chi connectivity index (χ3n) is 7.04. The minimum atomic E-state index is -0.319. The van der Waals surface area contributed by atoms with Crippen molar-refractivity contribution in [3.8, 4) is 5.75 Å². The zero-order chi connectivity index (χ0) is 22.7. The summed E-state index contributed by atoms with van der Waals surface area (Å²) >= 11 is 0. The molecule has 168 valence electrons. The van der Waals surface area contributed by atoms with Crippen molar-refractivity contribution in [2.24, 2.45) is 23.7 Å². The van der Waals surface area contributed by atoms with Crippen molar-refractivity contribution in [2.75, 3.05) is 6.61 Å². The number of benzene rings is 2. The van der Waals surface area contributed by atoms with Crippen molar-refractivity contribution in [2.45, 2.75) is 46.5 Å². The maximum atomic E-state index is 11.6. The van der Waals surface area contributed by atoms with Crippen LogP contribution in [-0.4, -0.2) is 17.7 Å². The Morgan fingerprint density at radius 2 is 1.62 bits per heavy atom. The second kappa shape index (κ2) is 9.77. The Labute approximate surface area is 191 Å². The summed E-state index contributed by atoms with van der Waals surface area (Å²) in [6, 6.07) is 16.1. The lowest BCUT2D eigenvalue weighted by molar-refractivity contribution is -0.137. The predicted molar refractivity (Wildman–Crippen MR) is 130 cm³/mol. The average Bonchev–Trinajstić information content (AvgIpc) is 2.76. The number of aromatic hydroxyl groups is 1. The second-order valence-electron chi connectivity index (χ2n) is 9.60. The number of hydrogen-bond acceptors (Lipinski definition) is 3. The lowest BCUT2D eigenvalue weighted by Crippen LogP contribution is -2.32. The second-order valence-corrected chi connectivity index (χ2v) is 9.60. The Kier molecular flexibility index (Phi) is 6.83. The van der Waals surface area contributed by atoms with Crippen molar-refractivity contribution in [3.63, 3.8) is 0 Å². The molecule has 2 aliphatic rings. The molecule has 2 aliphatic carbocycles. The number of allylic oxidation sites excluding steroid dienone is 1. The molecule has 4 unspecified atom stereocenters. The summed E-state index contributed by atoms with van der Waals surface area (Å²) in [5.41, 5.74) is 6.22. The van der Waals surface area contributed by atoms with Crippen LogP contribution in [-0.2, 0) is 9.53 Å². The van der Waals surface area contributed by atoms with Gasteiger partial charge in [0.25, 0.3) is 0 Å². The first-order chi connectivity index (χ1) is 15.4. The summed E-state index contributed by atoms with van der Waals surface area (Å²) < 4.78 is 4.98. The molecule has 2 aromatic carbocycles. The van der Waals surface area contributed by atoms with Crippen molar-refractivity contribution in [1.29, 1.82) is 0 Å². The van der Waals surface area contributed by atoms with Gasteiger partial charge in [-0.1, -0.05) is 55.8 Å². The maximum absolute atomic E-state index is 11.6. The van der Waals surface area contributed by atoms with Gasteiger partial charge >= 0.3 is 5.97 Å². The number of phenols is 1. The summed E-state index contributed by atoms with van der Waals surface area (Å²) in [6.45, 7) is 6.98. The molecule has 3 heteroatoms. The minimum Gasteiger partial charge on any atom is -0.508 e. The van der Waals surface area contributed by atoms with E-state index in [1.54, 1.807) is 30.7 Å². The molecule has 0 aliphatic heterocycles. The van der Waals surface area contributed by atoms with E-state index in [-0.39, 0.29) is 5.97 Å². The van der Waals surface area contributed by atoms with Crippen LogP contribution in [0.2, 0.25) is 0 Å². The Hall–Kier alpha value is -2.81. The molecule has 4 rings (SSSR count). The van der Waals surface area contributed by atoms with Gasteiger partial charge in [-0.05, 0) is 96.8 Å². The monoisotopic (exact) mass is 430 g/mol. The predicted octanol–water partition coefficient (Wildman–Crippen LogP) is 6.86. The molecule has 0 aromatic heterocycles. The average molecular weight is 431 g/mol. The van der Waals surface area contributed by atoms with Crippen LogP contribution in [0.4, 0.5) is 0 Å². The molecule has 0 saturated heterocycles. The van der Waals surface area contributed by atoms with Gasteiger partial charge in [-0.15, -0.1) is 0 Å². The number of esters is 1. The van der Waals surface area contributed by atoms with Crippen LogP contribution in [0.3, 0.4) is 0 Å². The van der Waals surface area contributed by atoms with Gasteiger partial charge in [0.15, 0.2) is 0 Å². The smallest absolute Gasteiger partial charge is 0.330 e. The quantitative estimate of drug-likeness (QED) is 0.416. The third kappa shape index (κ3) is 4.98. The van der Waals surface area contributed by atoms with Gasteiger partial charge in [0.2, 0.25) is 0 Å². The normalized spacial score (nSPS) is 26.7. The largest absolute Gasteiger partial charge is 0.508 e. The van der Waals surface area contributed by atoms with Gasteiger partial charge in [0.05, 0.1) is 6.61 Å². The van der Waals surface area contributed by atoms with Crippen LogP contribution in [0, 0.1) is 23.7 Å². The van der Waals surface area contributed by atoms with E-state index in [0.717, 1.165) is 23.0 Å². The van der Waals surface area contributed by atoms with E-state index >= 15 is 0 Å². The molecule has 32 heavy (non-hydrogen) atoms. The molecule has 0 heterocycles. The van der Waals surface area contributed by atoms with Crippen molar-refractivity contribution >= 4 is 17.6 Å². The highest BCUT2D eigenvalue weighted by Gasteiger charge is 2.38. The van der Waals surface area contributed by atoms with E-state index in [1.807, 2.05) is 12.1 Å². The SMILES string of the molecule is CCOC(=O)/C=C/c1ccc(/C(=C2/C(C)CC3CC(C)CC2C3)c2ccc(O)cc2)cc1. The van der Waals surface area contributed by atoms with E-state index in [1.165, 1.54) is 42.9 Å². The lowest BCUT2D eigenvalue weighted by Gasteiger charge is -2.44. The van der Waals surface area contributed by atoms with E-state index in [0.29, 0.717) is 24.2 Å². The third-order valence-corrected chi connectivity index (χ3v) is 7.04. The summed E-state index contributed by atoms with van der Waals surface area (Å²) in [7, 11) is 0. The van der Waals surface area contributed by atoms with Gasteiger partial charge in [-0.2, -0.15) is 0 Å². The van der Waals surface area contributed by atoms with Crippen LogP contribution < -0.4 is 0 Å². The standard InChI is InChI=1S/C29H34O3/c1-4-32-27(31)14-7-21-5-8-23(9-6-21)29(24-10-12-26(30)13-11-24)28-20(3)17-22-15-19(2)16-25(28)18-22/h5-14,19-20,22,25,30H,4,15-18H2,1-3H3/b14-7+,29-28+. The topological polar surface area (TPSA) is 46.5 Å². The Morgan fingerprint density at radius 3 is 2.28 bits per heavy atom. The van der Waals surface area contributed by atoms with E-state index < -0.39 is 0 Å². The van der Waals surface area contributed by atoms with Gasteiger partial charge in [0, 0.05) is 6.08 Å². The van der Waals surface area contributed by atoms with Gasteiger partial charge < -0.3 is 9.84 Å². The number of hydrogen-bond donors (Lipinski definition) is 1. The first-order valence-electron chi connectivity index (χ1n) is 11.9. The summed E-state index contributed by atoms with van der Waals surface area (Å²) in [4.78, 5) is 11.6. The summed E-state index contributed by atoms with van der Waals surface area (Å²) in [6.07, 6.45) is 8.46. The Bertz CT molecular complexity index is 994. The van der Waals surface area contributed by atoms with Crippen LogP contribution in [0.25, 0.3) is 11.6 Å². The molecular formula is C29H34O3. The summed E-state index contributed by atoms with van der Waals surface area (Å²) in [5, 5.41) is 9.87. The van der Waals surface area contributed by atoms with Crippen LogP contribution in [0.5, 0.6) is 5.75 Å². The maximum Gasteiger partial charge on any atom is 0.330 e. The zero-order valence-electron chi connectivity index (χ0n) is 19.4.